The minimum Gasteiger partial charge on any atom is -0.452 e. The topological polar surface area (TPSA) is 77.9 Å². The second-order valence-electron chi connectivity index (χ2n) is 6.43. The van der Waals surface area contributed by atoms with E-state index in [2.05, 4.69) is 4.99 Å². The maximum Gasteiger partial charge on any atom is 0.437 e. The van der Waals surface area contributed by atoms with E-state index in [-0.39, 0.29) is 17.0 Å². The molecule has 3 aromatic carbocycles. The normalized spacial score (nSPS) is 12.1. The molecule has 0 radical (unpaired) electrons. The fraction of sp³-hybridized carbons (Fsp3) is 0.0952. The van der Waals surface area contributed by atoms with Gasteiger partial charge < -0.3 is 9.15 Å². The first-order valence-electron chi connectivity index (χ1n) is 8.61. The van der Waals surface area contributed by atoms with Crippen molar-refractivity contribution in [3.8, 4) is 5.75 Å². The van der Waals surface area contributed by atoms with Crippen molar-refractivity contribution in [2.24, 2.45) is 4.99 Å². The average molecular weight is 396 g/mol. The monoisotopic (exact) mass is 396 g/mol. The van der Waals surface area contributed by atoms with Gasteiger partial charge in [-0.05, 0) is 31.2 Å². The van der Waals surface area contributed by atoms with Crippen molar-refractivity contribution in [2.75, 3.05) is 0 Å². The second-order valence-corrected chi connectivity index (χ2v) is 6.43. The van der Waals surface area contributed by atoms with E-state index in [9.17, 15) is 18.9 Å². The van der Waals surface area contributed by atoms with E-state index in [0.717, 1.165) is 5.56 Å². The first-order chi connectivity index (χ1) is 13.8. The Morgan fingerprint density at radius 2 is 1.86 bits per heavy atom. The van der Waals surface area contributed by atoms with E-state index in [0.29, 0.717) is 28.3 Å². The summed E-state index contributed by atoms with van der Waals surface area (Å²) in [6.45, 7) is 1.88. The highest BCUT2D eigenvalue weighted by atomic mass is 19.3. The van der Waals surface area contributed by atoms with Crippen LogP contribution in [0.2, 0.25) is 0 Å². The van der Waals surface area contributed by atoms with Gasteiger partial charge in [0.15, 0.2) is 11.3 Å². The van der Waals surface area contributed by atoms with Gasteiger partial charge in [0.1, 0.15) is 11.8 Å². The zero-order valence-electron chi connectivity index (χ0n) is 15.1. The van der Waals surface area contributed by atoms with E-state index < -0.39 is 11.0 Å². The highest BCUT2D eigenvalue weighted by Crippen LogP contribution is 2.37. The van der Waals surface area contributed by atoms with E-state index in [1.165, 1.54) is 30.3 Å². The largest absolute Gasteiger partial charge is 0.452 e. The molecule has 4 rings (SSSR count). The number of furan rings is 1. The van der Waals surface area contributed by atoms with Gasteiger partial charge in [-0.3, -0.25) is 15.1 Å². The molecule has 1 heterocycles. The van der Waals surface area contributed by atoms with E-state index in [4.69, 9.17) is 9.15 Å². The van der Waals surface area contributed by atoms with Gasteiger partial charge in [-0.2, -0.15) is 8.78 Å². The number of nitro groups is 1. The molecule has 0 atom stereocenters. The molecule has 0 saturated heterocycles. The number of nitro benzene ring substituents is 1. The van der Waals surface area contributed by atoms with Crippen molar-refractivity contribution in [3.63, 3.8) is 0 Å². The van der Waals surface area contributed by atoms with Crippen LogP contribution < -0.4 is 4.74 Å². The number of ether oxygens (including phenoxy) is 1. The molecule has 0 bridgehead atoms. The van der Waals surface area contributed by atoms with Crippen LogP contribution in [-0.2, 0) is 0 Å². The SMILES string of the molecule is Cc1ccc(N=CC(F)(F)Oc2cccc3c2oc2ccc([N+](=O)[O-])cc23)cc1. The maximum absolute atomic E-state index is 14.3. The summed E-state index contributed by atoms with van der Waals surface area (Å²) in [6, 6.07) is 15.3. The minimum absolute atomic E-state index is 0.0754. The number of alkyl halides is 2. The first kappa shape index (κ1) is 18.5. The van der Waals surface area contributed by atoms with E-state index in [1.54, 1.807) is 30.3 Å². The molecule has 4 aromatic rings. The molecule has 0 aliphatic heterocycles. The van der Waals surface area contributed by atoms with Gasteiger partial charge in [-0.25, -0.2) is 0 Å². The lowest BCUT2D eigenvalue weighted by Crippen LogP contribution is -2.26. The molecule has 6 nitrogen and oxygen atoms in total. The van der Waals surface area contributed by atoms with Crippen LogP contribution in [-0.4, -0.2) is 17.2 Å². The van der Waals surface area contributed by atoms with Crippen molar-refractivity contribution in [1.29, 1.82) is 0 Å². The molecule has 0 aliphatic rings. The summed E-state index contributed by atoms with van der Waals surface area (Å²) in [5.41, 5.74) is 1.64. The molecule has 0 spiro atoms. The van der Waals surface area contributed by atoms with Gasteiger partial charge >= 0.3 is 6.11 Å². The number of aryl methyl sites for hydroxylation is 1. The van der Waals surface area contributed by atoms with Crippen LogP contribution in [0.5, 0.6) is 5.75 Å². The summed E-state index contributed by atoms with van der Waals surface area (Å²) < 4.78 is 39.1. The molecule has 0 fully saturated rings. The summed E-state index contributed by atoms with van der Waals surface area (Å²) in [5, 5.41) is 11.9. The summed E-state index contributed by atoms with van der Waals surface area (Å²) >= 11 is 0. The van der Waals surface area contributed by atoms with Crippen LogP contribution in [0.15, 0.2) is 70.1 Å². The Morgan fingerprint density at radius 1 is 1.10 bits per heavy atom. The number of hydrogen-bond acceptors (Lipinski definition) is 5. The van der Waals surface area contributed by atoms with Gasteiger partial charge in [-0.1, -0.05) is 29.8 Å². The molecule has 29 heavy (non-hydrogen) atoms. The van der Waals surface area contributed by atoms with Crippen molar-refractivity contribution in [1.82, 2.24) is 0 Å². The van der Waals surface area contributed by atoms with E-state index >= 15 is 0 Å². The van der Waals surface area contributed by atoms with E-state index in [1.807, 2.05) is 6.92 Å². The zero-order chi connectivity index (χ0) is 20.6. The Labute approximate surface area is 163 Å². The molecule has 0 aliphatic carbocycles. The Hall–Kier alpha value is -3.81. The fourth-order valence-electron chi connectivity index (χ4n) is 2.91. The Morgan fingerprint density at radius 3 is 2.59 bits per heavy atom. The fourth-order valence-corrected chi connectivity index (χ4v) is 2.91. The lowest BCUT2D eigenvalue weighted by molar-refractivity contribution is -0.384. The summed E-state index contributed by atoms with van der Waals surface area (Å²) in [5.74, 6) is -0.193. The summed E-state index contributed by atoms with van der Waals surface area (Å²) in [4.78, 5) is 14.2. The predicted octanol–water partition coefficient (Wildman–Crippen LogP) is 6.18. The lowest BCUT2D eigenvalue weighted by Gasteiger charge is -2.13. The Bertz CT molecular complexity index is 1250. The van der Waals surface area contributed by atoms with Crippen LogP contribution in [0, 0.1) is 17.0 Å². The molecular weight excluding hydrogens is 382 g/mol. The average Bonchev–Trinajstić information content (AvgIpc) is 3.06. The zero-order valence-corrected chi connectivity index (χ0v) is 15.1. The van der Waals surface area contributed by atoms with Crippen molar-refractivity contribution in [3.05, 3.63) is 76.3 Å². The maximum atomic E-state index is 14.3. The Kier molecular flexibility index (Phi) is 4.46. The number of halogens is 2. The standard InChI is InChI=1S/C21H14F2N2O4/c1-13-5-7-14(8-6-13)24-12-21(22,23)29-19-4-2-3-16-17-11-15(25(26)27)9-10-18(17)28-20(16)19/h2-12H,1H3. The molecule has 0 amide bonds. The highest BCUT2D eigenvalue weighted by Gasteiger charge is 2.31. The van der Waals surface area contributed by atoms with Crippen LogP contribution in [0.1, 0.15) is 5.56 Å². The van der Waals surface area contributed by atoms with Crippen molar-refractivity contribution in [2.45, 2.75) is 13.0 Å². The highest BCUT2D eigenvalue weighted by molar-refractivity contribution is 6.07. The van der Waals surface area contributed by atoms with Crippen LogP contribution in [0.4, 0.5) is 20.2 Å². The molecule has 1 aromatic heterocycles. The van der Waals surface area contributed by atoms with Crippen LogP contribution in [0.25, 0.3) is 21.9 Å². The summed E-state index contributed by atoms with van der Waals surface area (Å²) in [6.07, 6.45) is -3.27. The van der Waals surface area contributed by atoms with Gasteiger partial charge in [0.2, 0.25) is 0 Å². The van der Waals surface area contributed by atoms with Gasteiger partial charge in [0.05, 0.1) is 10.6 Å². The number of rotatable bonds is 5. The second kappa shape index (κ2) is 6.97. The summed E-state index contributed by atoms with van der Waals surface area (Å²) in [7, 11) is 0. The first-order valence-corrected chi connectivity index (χ1v) is 8.61. The number of para-hydroxylation sites is 1. The number of nitrogens with zero attached hydrogens (tertiary/aromatic N) is 2. The quantitative estimate of drug-likeness (QED) is 0.229. The minimum atomic E-state index is -3.69. The van der Waals surface area contributed by atoms with Crippen molar-refractivity contribution >= 4 is 39.5 Å². The van der Waals surface area contributed by atoms with Crippen molar-refractivity contribution < 1.29 is 22.9 Å². The number of aliphatic imine (C=N–C) groups is 1. The number of hydrogen-bond donors (Lipinski definition) is 0. The molecule has 146 valence electrons. The third-order valence-electron chi connectivity index (χ3n) is 4.30. The molecule has 0 unspecified atom stereocenters. The van der Waals surface area contributed by atoms with Gasteiger partial charge in [-0.15, -0.1) is 0 Å². The Balaban J connectivity index is 1.69. The third-order valence-corrected chi connectivity index (χ3v) is 4.30. The van der Waals surface area contributed by atoms with Gasteiger partial charge in [0, 0.05) is 22.9 Å². The number of fused-ring (bicyclic) bond motifs is 3. The predicted molar refractivity (Wildman–Crippen MR) is 105 cm³/mol. The lowest BCUT2D eigenvalue weighted by atomic mass is 10.1. The number of non-ortho nitro benzene ring substituents is 1. The smallest absolute Gasteiger partial charge is 0.437 e. The molecule has 8 heteroatoms. The number of benzene rings is 3. The van der Waals surface area contributed by atoms with Gasteiger partial charge in [0.25, 0.3) is 5.69 Å². The molecule has 0 N–H and O–H groups in total. The molecule has 0 saturated carbocycles. The van der Waals surface area contributed by atoms with Crippen LogP contribution in [0.3, 0.4) is 0 Å². The third kappa shape index (κ3) is 3.77. The molecular formula is C21H14F2N2O4. The van der Waals surface area contributed by atoms with Crippen LogP contribution >= 0.6 is 0 Å².